The molecule has 4 nitrogen and oxygen atoms in total. The van der Waals surface area contributed by atoms with E-state index in [2.05, 4.69) is 134 Å². The van der Waals surface area contributed by atoms with Crippen molar-refractivity contribution < 1.29 is 4.58 Å². The van der Waals surface area contributed by atoms with E-state index in [0.29, 0.717) is 0 Å². The number of hydrogen-bond donors (Lipinski definition) is 1. The third-order valence-corrected chi connectivity index (χ3v) is 16.1. The summed E-state index contributed by atoms with van der Waals surface area (Å²) in [5, 5.41) is 3.28. The van der Waals surface area contributed by atoms with Crippen molar-refractivity contribution in [1.29, 1.82) is 0 Å². The monoisotopic (exact) mass is 912 g/mol. The molecule has 0 bridgehead atoms. The van der Waals surface area contributed by atoms with E-state index in [1.807, 2.05) is 0 Å². The third-order valence-electron chi connectivity index (χ3n) is 16.1. The Morgan fingerprint density at radius 3 is 1.21 bits per heavy atom. The van der Waals surface area contributed by atoms with Gasteiger partial charge in [0.2, 0.25) is 5.71 Å². The lowest BCUT2D eigenvalue weighted by molar-refractivity contribution is -0.536. The van der Waals surface area contributed by atoms with Crippen LogP contribution in [0.3, 0.4) is 0 Å². The first kappa shape index (κ1) is 53.0. The molecule has 2 aromatic carbocycles. The highest BCUT2D eigenvalue weighted by Crippen LogP contribution is 2.49. The molecule has 4 aliphatic heterocycles. The molecule has 0 amide bonds. The Labute approximate surface area is 412 Å². The Morgan fingerprint density at radius 1 is 0.463 bits per heavy atom. The Kier molecular flexibility index (Phi) is 22.4. The van der Waals surface area contributed by atoms with Crippen molar-refractivity contribution in [1.82, 2.24) is 5.32 Å². The van der Waals surface area contributed by atoms with E-state index in [0.717, 1.165) is 25.9 Å². The summed E-state index contributed by atoms with van der Waals surface area (Å²) in [7, 11) is 0. The molecule has 2 saturated heterocycles. The van der Waals surface area contributed by atoms with E-state index in [-0.39, 0.29) is 10.8 Å². The zero-order valence-electron chi connectivity index (χ0n) is 44.3. The van der Waals surface area contributed by atoms with Crippen molar-refractivity contribution in [3.05, 3.63) is 107 Å². The number of para-hydroxylation sites is 2. The molecular weight excluding hydrogens is 813 g/mol. The van der Waals surface area contributed by atoms with Crippen molar-refractivity contribution in [3.8, 4) is 0 Å². The summed E-state index contributed by atoms with van der Waals surface area (Å²) < 4.78 is 2.76. The maximum Gasteiger partial charge on any atom is 0.206 e. The first-order valence-electron chi connectivity index (χ1n) is 28.7. The number of nitrogens with one attached hydrogen (secondary N) is 1. The molecule has 4 heteroatoms. The number of nitrogens with zero attached hydrogens (tertiary/aromatic N) is 3. The second-order valence-corrected chi connectivity index (χ2v) is 22.1. The molecule has 3 fully saturated rings. The van der Waals surface area contributed by atoms with Crippen LogP contribution in [0.25, 0.3) is 0 Å². The molecule has 1 saturated carbocycles. The molecule has 0 spiro atoms. The molecule has 0 atom stereocenters. The van der Waals surface area contributed by atoms with Crippen LogP contribution in [0, 0.1) is 0 Å². The quantitative estimate of drug-likeness (QED) is 0.0838. The van der Waals surface area contributed by atoms with Gasteiger partial charge in [-0.3, -0.25) is 0 Å². The number of piperidine rings is 2. The SMILES string of the molecule is C1CCNCC1.CCCCCCCCCCCCN1C(=CC=C2CC/C(=C\C=C3\N(CCCCCCCCCCCC)c4ccccc4C3(C)C)C2=[N+]2CCCCC2)C(C)(C)c2ccccc21. The molecule has 7 rings (SSSR count). The van der Waals surface area contributed by atoms with Crippen LogP contribution in [-0.4, -0.2) is 49.6 Å². The Balaban J connectivity index is 0.00000114. The van der Waals surface area contributed by atoms with Gasteiger partial charge in [-0.25, -0.2) is 4.58 Å². The van der Waals surface area contributed by atoms with E-state index >= 15 is 0 Å². The molecule has 0 unspecified atom stereocenters. The summed E-state index contributed by atoms with van der Waals surface area (Å²) in [5.74, 6) is 0. The molecule has 370 valence electrons. The maximum absolute atomic E-state index is 3.28. The summed E-state index contributed by atoms with van der Waals surface area (Å²) in [6.07, 6.45) is 48.2. The molecule has 4 heterocycles. The number of allylic oxidation sites excluding steroid dienone is 8. The molecule has 0 aromatic heterocycles. The minimum atomic E-state index is -0.0140. The van der Waals surface area contributed by atoms with Crippen molar-refractivity contribution in [2.45, 2.75) is 232 Å². The average molecular weight is 913 g/mol. The average Bonchev–Trinajstić information content (AvgIpc) is 3.93. The van der Waals surface area contributed by atoms with E-state index < -0.39 is 0 Å². The van der Waals surface area contributed by atoms with Gasteiger partial charge in [-0.05, 0) is 93.4 Å². The van der Waals surface area contributed by atoms with Gasteiger partial charge in [0.15, 0.2) is 0 Å². The first-order chi connectivity index (χ1) is 32.8. The Hall–Kier alpha value is -3.37. The summed E-state index contributed by atoms with van der Waals surface area (Å²) in [5.41, 5.74) is 13.4. The first-order valence-corrected chi connectivity index (χ1v) is 28.7. The Bertz CT molecular complexity index is 1790. The molecule has 5 aliphatic rings. The van der Waals surface area contributed by atoms with Crippen LogP contribution >= 0.6 is 0 Å². The highest BCUT2D eigenvalue weighted by molar-refractivity contribution is 6.12. The van der Waals surface area contributed by atoms with Gasteiger partial charge in [0.25, 0.3) is 0 Å². The topological polar surface area (TPSA) is 21.5 Å². The van der Waals surface area contributed by atoms with Crippen LogP contribution in [0.15, 0.2) is 95.4 Å². The van der Waals surface area contributed by atoms with E-state index in [4.69, 9.17) is 0 Å². The van der Waals surface area contributed by atoms with Crippen LogP contribution in [0.1, 0.15) is 232 Å². The predicted molar refractivity (Wildman–Crippen MR) is 294 cm³/mol. The standard InChI is InChI=1S/C58H88N3.C5H11N/c1-7-9-11-13-15-17-19-21-23-32-46-60-52-36-28-26-34-50(52)57(3,4)54(60)42-40-48-38-39-49(56(48)59-44-30-25-31-45-59)41-43-55-58(5,6)51-35-27-29-37-53(51)61(55)47-33-24-22-20-18-16-14-12-10-8-2;1-2-4-6-5-3-1/h26-29,34-37,40-43H,7-25,30-33,38-39,44-47H2,1-6H3;6H,1-5H2/q+1;. The Morgan fingerprint density at radius 2 is 0.836 bits per heavy atom. The fraction of sp³-hybridized carbons (Fsp3) is 0.667. The van der Waals surface area contributed by atoms with Crippen LogP contribution < -0.4 is 15.1 Å². The molecule has 67 heavy (non-hydrogen) atoms. The number of rotatable bonds is 24. The van der Waals surface area contributed by atoms with E-state index in [9.17, 15) is 0 Å². The number of anilines is 2. The summed E-state index contributed by atoms with van der Waals surface area (Å²) in [6, 6.07) is 18.5. The van der Waals surface area contributed by atoms with Gasteiger partial charge >= 0.3 is 0 Å². The minimum Gasteiger partial charge on any atom is -0.344 e. The van der Waals surface area contributed by atoms with Gasteiger partial charge < -0.3 is 15.1 Å². The fourth-order valence-corrected chi connectivity index (χ4v) is 12.0. The van der Waals surface area contributed by atoms with Crippen LogP contribution in [0.5, 0.6) is 0 Å². The van der Waals surface area contributed by atoms with Crippen molar-refractivity contribution in [2.75, 3.05) is 49.1 Å². The second-order valence-electron chi connectivity index (χ2n) is 22.1. The maximum atomic E-state index is 3.28. The highest BCUT2D eigenvalue weighted by Gasteiger charge is 2.41. The van der Waals surface area contributed by atoms with Crippen molar-refractivity contribution >= 4 is 17.1 Å². The second kappa shape index (κ2) is 28.3. The largest absolute Gasteiger partial charge is 0.344 e. The predicted octanol–water partition coefficient (Wildman–Crippen LogP) is 17.2. The van der Waals surface area contributed by atoms with Crippen LogP contribution in [0.4, 0.5) is 11.4 Å². The summed E-state index contributed by atoms with van der Waals surface area (Å²) in [6.45, 7) is 21.5. The lowest BCUT2D eigenvalue weighted by Gasteiger charge is -2.27. The van der Waals surface area contributed by atoms with Crippen molar-refractivity contribution in [2.24, 2.45) is 0 Å². The molecule has 0 radical (unpaired) electrons. The lowest BCUT2D eigenvalue weighted by atomic mass is 9.83. The highest BCUT2D eigenvalue weighted by atomic mass is 15.2. The number of hydrogen-bond acceptors (Lipinski definition) is 3. The smallest absolute Gasteiger partial charge is 0.206 e. The normalized spacial score (nSPS) is 21.2. The van der Waals surface area contributed by atoms with Gasteiger partial charge in [0.1, 0.15) is 13.1 Å². The number of unbranched alkanes of at least 4 members (excludes halogenated alkanes) is 18. The molecular formula is C63H99N4+. The molecule has 1 N–H and O–H groups in total. The summed E-state index contributed by atoms with van der Waals surface area (Å²) >= 11 is 0. The zero-order chi connectivity index (χ0) is 47.2. The van der Waals surface area contributed by atoms with Crippen LogP contribution in [0.2, 0.25) is 0 Å². The number of fused-ring (bicyclic) bond motifs is 2. The van der Waals surface area contributed by atoms with Gasteiger partial charge in [-0.2, -0.15) is 0 Å². The third kappa shape index (κ3) is 15.1. The van der Waals surface area contributed by atoms with Gasteiger partial charge in [-0.15, -0.1) is 0 Å². The fourth-order valence-electron chi connectivity index (χ4n) is 12.0. The zero-order valence-corrected chi connectivity index (χ0v) is 44.3. The van der Waals surface area contributed by atoms with Crippen LogP contribution in [-0.2, 0) is 10.8 Å². The number of benzene rings is 2. The van der Waals surface area contributed by atoms with Gasteiger partial charge in [0.05, 0.1) is 0 Å². The molecule has 2 aromatic rings. The molecule has 1 aliphatic carbocycles. The minimum absolute atomic E-state index is 0.0140. The van der Waals surface area contributed by atoms with E-state index in [1.165, 1.54) is 233 Å². The van der Waals surface area contributed by atoms with E-state index in [1.54, 1.807) is 11.1 Å². The summed E-state index contributed by atoms with van der Waals surface area (Å²) in [4.78, 5) is 5.38. The van der Waals surface area contributed by atoms with Gasteiger partial charge in [0, 0.05) is 70.7 Å². The lowest BCUT2D eigenvalue weighted by Crippen LogP contribution is -2.28. The van der Waals surface area contributed by atoms with Gasteiger partial charge in [-0.1, -0.05) is 212 Å². The van der Waals surface area contributed by atoms with Crippen molar-refractivity contribution in [3.63, 3.8) is 0 Å².